The molecule has 1 aromatic heterocycles. The maximum atomic E-state index is 12.6. The van der Waals surface area contributed by atoms with Crippen LogP contribution in [0.1, 0.15) is 10.4 Å². The lowest BCUT2D eigenvalue weighted by Gasteiger charge is -2.11. The van der Waals surface area contributed by atoms with Crippen molar-refractivity contribution in [3.8, 4) is 28.3 Å². The molecule has 37 heavy (non-hydrogen) atoms. The van der Waals surface area contributed by atoms with E-state index in [-0.39, 0.29) is 5.75 Å². The Morgan fingerprint density at radius 3 is 1.81 bits per heavy atom. The largest absolute Gasteiger partial charge is 0.423 e. The van der Waals surface area contributed by atoms with Crippen molar-refractivity contribution in [3.05, 3.63) is 123 Å². The topological polar surface area (TPSA) is 138 Å². The van der Waals surface area contributed by atoms with Gasteiger partial charge in [-0.1, -0.05) is 42.5 Å². The van der Waals surface area contributed by atoms with Gasteiger partial charge in [-0.25, -0.2) is 14.8 Å². The van der Waals surface area contributed by atoms with Gasteiger partial charge in [-0.3, -0.25) is 20.2 Å². The first kappa shape index (κ1) is 23.2. The van der Waals surface area contributed by atoms with Gasteiger partial charge in [-0.2, -0.15) is 0 Å². The predicted octanol–water partition coefficient (Wildman–Crippen LogP) is 6.00. The highest BCUT2D eigenvalue weighted by Gasteiger charge is 2.25. The van der Waals surface area contributed by atoms with Crippen molar-refractivity contribution in [2.45, 2.75) is 0 Å². The number of nitro groups is 2. The average Bonchev–Trinajstić information content (AvgIpc) is 2.92. The van der Waals surface area contributed by atoms with Crippen LogP contribution in [-0.2, 0) is 0 Å². The maximum absolute atomic E-state index is 12.6. The Morgan fingerprint density at radius 1 is 0.676 bits per heavy atom. The smallest absolute Gasteiger partial charge is 0.350 e. The number of para-hydroxylation sites is 2. The predicted molar refractivity (Wildman–Crippen MR) is 135 cm³/mol. The Morgan fingerprint density at radius 2 is 1.24 bits per heavy atom. The maximum Gasteiger partial charge on any atom is 0.350 e. The Kier molecular flexibility index (Phi) is 6.05. The molecule has 5 rings (SSSR count). The van der Waals surface area contributed by atoms with Crippen LogP contribution in [0, 0.1) is 20.2 Å². The van der Waals surface area contributed by atoms with E-state index in [4.69, 9.17) is 14.7 Å². The first-order valence-corrected chi connectivity index (χ1v) is 11.0. The molecule has 10 heteroatoms. The normalized spacial score (nSPS) is 10.7. The molecule has 4 aromatic carbocycles. The van der Waals surface area contributed by atoms with Gasteiger partial charge in [0.15, 0.2) is 0 Å². The van der Waals surface area contributed by atoms with Gasteiger partial charge in [0.05, 0.1) is 38.3 Å². The number of hydrogen-bond donors (Lipinski definition) is 0. The van der Waals surface area contributed by atoms with Crippen LogP contribution in [-0.4, -0.2) is 25.8 Å². The molecule has 0 aliphatic carbocycles. The summed E-state index contributed by atoms with van der Waals surface area (Å²) in [6.07, 6.45) is 0. The highest BCUT2D eigenvalue weighted by molar-refractivity contribution is 5.96. The van der Waals surface area contributed by atoms with E-state index in [0.717, 1.165) is 40.4 Å². The summed E-state index contributed by atoms with van der Waals surface area (Å²) in [6, 6.07) is 26.4. The van der Waals surface area contributed by atoms with Crippen LogP contribution < -0.4 is 4.74 Å². The highest BCUT2D eigenvalue weighted by Crippen LogP contribution is 2.32. The van der Waals surface area contributed by atoms with E-state index in [9.17, 15) is 25.0 Å². The van der Waals surface area contributed by atoms with Crippen LogP contribution in [0.2, 0.25) is 0 Å². The van der Waals surface area contributed by atoms with E-state index in [0.29, 0.717) is 11.4 Å². The number of aromatic nitrogens is 2. The molecule has 5 aromatic rings. The van der Waals surface area contributed by atoms with E-state index in [1.54, 1.807) is 12.1 Å². The number of hydrogen-bond acceptors (Lipinski definition) is 8. The SMILES string of the molecule is O=C(Oc1ccc(-c2nc3ccccc3nc2-c2ccccc2)cc1)c1ccc([N+](=O)[O-])cc1[N+](=O)[O-]. The number of nitro benzene ring substituents is 2. The molecule has 0 aliphatic heterocycles. The summed E-state index contributed by atoms with van der Waals surface area (Å²) in [7, 11) is 0. The van der Waals surface area contributed by atoms with Crippen molar-refractivity contribution in [1.82, 2.24) is 9.97 Å². The third kappa shape index (κ3) is 4.71. The van der Waals surface area contributed by atoms with Crippen LogP contribution in [0.25, 0.3) is 33.5 Å². The molecule has 0 fully saturated rings. The molecule has 0 saturated carbocycles. The molecule has 0 aliphatic rings. The van der Waals surface area contributed by atoms with Gasteiger partial charge in [0.1, 0.15) is 11.3 Å². The summed E-state index contributed by atoms with van der Waals surface area (Å²) in [6.45, 7) is 0. The standard InChI is InChI=1S/C27H16N4O6/c32-27(21-15-12-19(30(33)34)16-24(21)31(35)36)37-20-13-10-18(11-14-20)26-25(17-6-2-1-3-7-17)28-22-8-4-5-9-23(22)29-26/h1-16H. The number of fused-ring (bicyclic) bond motifs is 1. The Hall–Kier alpha value is -5.51. The minimum Gasteiger partial charge on any atom is -0.423 e. The molecule has 0 radical (unpaired) electrons. The van der Waals surface area contributed by atoms with Gasteiger partial charge >= 0.3 is 5.97 Å². The monoisotopic (exact) mass is 492 g/mol. The fourth-order valence-corrected chi connectivity index (χ4v) is 3.80. The van der Waals surface area contributed by atoms with Crippen LogP contribution in [0.15, 0.2) is 97.1 Å². The summed E-state index contributed by atoms with van der Waals surface area (Å²) >= 11 is 0. The van der Waals surface area contributed by atoms with Gasteiger partial charge in [-0.05, 0) is 42.5 Å². The molecule has 0 atom stereocenters. The number of nitrogens with zero attached hydrogens (tertiary/aromatic N) is 4. The fraction of sp³-hybridized carbons (Fsp3) is 0. The van der Waals surface area contributed by atoms with Crippen molar-refractivity contribution in [3.63, 3.8) is 0 Å². The Labute approximate surface area is 209 Å². The second-order valence-electron chi connectivity index (χ2n) is 7.91. The van der Waals surface area contributed by atoms with Gasteiger partial charge in [0, 0.05) is 17.2 Å². The lowest BCUT2D eigenvalue weighted by Crippen LogP contribution is -2.11. The van der Waals surface area contributed by atoms with Gasteiger partial charge < -0.3 is 4.74 Å². The summed E-state index contributed by atoms with van der Waals surface area (Å²) in [4.78, 5) is 42.9. The molecule has 0 amide bonds. The first-order chi connectivity index (χ1) is 17.9. The summed E-state index contributed by atoms with van der Waals surface area (Å²) < 4.78 is 5.32. The Bertz CT molecular complexity index is 1670. The zero-order valence-corrected chi connectivity index (χ0v) is 19.0. The zero-order valence-electron chi connectivity index (χ0n) is 19.0. The molecule has 10 nitrogen and oxygen atoms in total. The number of ether oxygens (including phenoxy) is 1. The number of rotatable bonds is 6. The number of non-ortho nitro benzene ring substituents is 1. The summed E-state index contributed by atoms with van der Waals surface area (Å²) in [5, 5.41) is 22.3. The molecule has 0 unspecified atom stereocenters. The second-order valence-corrected chi connectivity index (χ2v) is 7.91. The minimum absolute atomic E-state index is 0.136. The van der Waals surface area contributed by atoms with Crippen molar-refractivity contribution in [1.29, 1.82) is 0 Å². The minimum atomic E-state index is -1.01. The van der Waals surface area contributed by atoms with Crippen LogP contribution in [0.5, 0.6) is 5.75 Å². The molecule has 180 valence electrons. The average molecular weight is 492 g/mol. The number of carbonyl (C=O) groups is 1. The molecule has 0 N–H and O–H groups in total. The van der Waals surface area contributed by atoms with Crippen LogP contribution >= 0.6 is 0 Å². The Balaban J connectivity index is 1.48. The molecule has 0 bridgehead atoms. The first-order valence-electron chi connectivity index (χ1n) is 11.0. The number of carbonyl (C=O) groups excluding carboxylic acids is 1. The van der Waals surface area contributed by atoms with Crippen LogP contribution in [0.4, 0.5) is 11.4 Å². The third-order valence-electron chi connectivity index (χ3n) is 5.56. The molecule has 1 heterocycles. The highest BCUT2D eigenvalue weighted by atomic mass is 16.6. The summed E-state index contributed by atoms with van der Waals surface area (Å²) in [5.74, 6) is -0.874. The zero-order chi connectivity index (χ0) is 25.9. The molecular weight excluding hydrogens is 476 g/mol. The summed E-state index contributed by atoms with van der Waals surface area (Å²) in [5.41, 5.74) is 2.78. The quantitative estimate of drug-likeness (QED) is 0.122. The van der Waals surface area contributed by atoms with E-state index >= 15 is 0 Å². The van der Waals surface area contributed by atoms with Crippen molar-refractivity contribution in [2.24, 2.45) is 0 Å². The van der Waals surface area contributed by atoms with Gasteiger partial charge in [0.2, 0.25) is 0 Å². The molecule has 0 spiro atoms. The van der Waals surface area contributed by atoms with Crippen molar-refractivity contribution >= 4 is 28.4 Å². The van der Waals surface area contributed by atoms with E-state index in [1.807, 2.05) is 54.6 Å². The van der Waals surface area contributed by atoms with Gasteiger partial charge in [-0.15, -0.1) is 0 Å². The second kappa shape index (κ2) is 9.62. The lowest BCUT2D eigenvalue weighted by atomic mass is 10.0. The number of benzene rings is 4. The van der Waals surface area contributed by atoms with Crippen molar-refractivity contribution in [2.75, 3.05) is 0 Å². The fourth-order valence-electron chi connectivity index (χ4n) is 3.80. The van der Waals surface area contributed by atoms with E-state index < -0.39 is 32.8 Å². The van der Waals surface area contributed by atoms with Crippen LogP contribution in [0.3, 0.4) is 0 Å². The molecule has 0 saturated heterocycles. The van der Waals surface area contributed by atoms with Crippen molar-refractivity contribution < 1.29 is 19.4 Å². The third-order valence-corrected chi connectivity index (χ3v) is 5.56. The van der Waals surface area contributed by atoms with E-state index in [2.05, 4.69) is 0 Å². The van der Waals surface area contributed by atoms with Gasteiger partial charge in [0.25, 0.3) is 11.4 Å². The molecular formula is C27H16N4O6. The lowest BCUT2D eigenvalue weighted by molar-refractivity contribution is -0.394. The number of esters is 1. The van der Waals surface area contributed by atoms with E-state index in [1.165, 1.54) is 12.1 Å².